The Morgan fingerprint density at radius 1 is 0.640 bits per heavy atom. The summed E-state index contributed by atoms with van der Waals surface area (Å²) < 4.78 is 0. The Labute approximate surface area is 146 Å². The smallest absolute Gasteiger partial charge is 0.450 e. The summed E-state index contributed by atoms with van der Waals surface area (Å²) in [5.74, 6) is 1.44. The molecule has 25 heavy (non-hydrogen) atoms. The molecule has 3 rings (SSSR count). The average molecular weight is 346 g/mol. The summed E-state index contributed by atoms with van der Waals surface area (Å²) in [7, 11) is 0. The van der Waals surface area contributed by atoms with E-state index >= 15 is 0 Å². The Bertz CT molecular complexity index is 576. The highest BCUT2D eigenvalue weighted by molar-refractivity contribution is 5.53. The van der Waals surface area contributed by atoms with E-state index in [0.717, 1.165) is 11.8 Å². The summed E-state index contributed by atoms with van der Waals surface area (Å²) in [6.07, 6.45) is 0.367. The van der Waals surface area contributed by atoms with Crippen LogP contribution in [-0.2, 0) is 0 Å². The number of carboxylic acid groups (broad SMARTS) is 4. The lowest BCUT2D eigenvalue weighted by Crippen LogP contribution is -2.04. The molecule has 0 aromatic heterocycles. The Kier molecular flexibility index (Phi) is 8.57. The summed E-state index contributed by atoms with van der Waals surface area (Å²) in [6, 6.07) is 22.0. The number of hydrogen-bond acceptors (Lipinski definition) is 2. The molecule has 0 saturated heterocycles. The van der Waals surface area contributed by atoms with Crippen LogP contribution in [-0.4, -0.2) is 32.7 Å². The standard InChI is InChI=1S/C17H18.2CH2O3/c1-3-8-14(9-4-1)16-12-7-13-17(16)15-10-5-2-6-11-15;2*2-1(3)4/h1-6,8-11,16-17H,7,12-13H2;2*(H2,2,3,4). The van der Waals surface area contributed by atoms with Gasteiger partial charge in [-0.3, -0.25) is 0 Å². The molecule has 1 saturated carbocycles. The van der Waals surface area contributed by atoms with E-state index in [2.05, 4.69) is 60.7 Å². The third-order valence-electron chi connectivity index (χ3n) is 3.97. The van der Waals surface area contributed by atoms with Crippen LogP contribution < -0.4 is 0 Å². The monoisotopic (exact) mass is 346 g/mol. The van der Waals surface area contributed by atoms with E-state index in [1.165, 1.54) is 30.4 Å². The van der Waals surface area contributed by atoms with Crippen molar-refractivity contribution in [1.29, 1.82) is 0 Å². The molecular weight excluding hydrogens is 324 g/mol. The highest BCUT2D eigenvalue weighted by Crippen LogP contribution is 2.45. The SMILES string of the molecule is O=C(O)O.O=C(O)O.c1ccc(C2CCCC2c2ccccc2)cc1. The second kappa shape index (κ2) is 10.7. The maximum absolute atomic E-state index is 8.56. The van der Waals surface area contributed by atoms with Crippen LogP contribution in [0.1, 0.15) is 42.2 Å². The third kappa shape index (κ3) is 7.87. The molecule has 1 fully saturated rings. The number of benzene rings is 2. The summed E-state index contributed by atoms with van der Waals surface area (Å²) in [5, 5.41) is 27.9. The minimum atomic E-state index is -1.83. The van der Waals surface area contributed by atoms with Gasteiger partial charge in [0.15, 0.2) is 0 Å². The van der Waals surface area contributed by atoms with E-state index in [1.807, 2.05) is 0 Å². The zero-order valence-electron chi connectivity index (χ0n) is 13.7. The second-order valence-electron chi connectivity index (χ2n) is 5.53. The first kappa shape index (κ1) is 20.0. The molecule has 2 unspecified atom stereocenters. The van der Waals surface area contributed by atoms with Gasteiger partial charge < -0.3 is 20.4 Å². The average Bonchev–Trinajstić information content (AvgIpc) is 3.05. The zero-order valence-corrected chi connectivity index (χ0v) is 13.7. The van der Waals surface area contributed by atoms with Crippen molar-refractivity contribution in [1.82, 2.24) is 0 Å². The minimum Gasteiger partial charge on any atom is -0.450 e. The summed E-state index contributed by atoms with van der Waals surface area (Å²) in [6.45, 7) is 0. The fourth-order valence-electron chi connectivity index (χ4n) is 3.16. The van der Waals surface area contributed by atoms with Crippen LogP contribution in [0, 0.1) is 0 Å². The van der Waals surface area contributed by atoms with E-state index in [-0.39, 0.29) is 0 Å². The molecule has 0 heterocycles. The molecule has 2 aromatic rings. The fourth-order valence-corrected chi connectivity index (χ4v) is 3.16. The van der Waals surface area contributed by atoms with E-state index in [1.54, 1.807) is 0 Å². The molecule has 0 amide bonds. The zero-order chi connectivity index (χ0) is 18.7. The van der Waals surface area contributed by atoms with Gasteiger partial charge in [0.2, 0.25) is 0 Å². The van der Waals surface area contributed by atoms with Gasteiger partial charge in [-0.2, -0.15) is 0 Å². The lowest BCUT2D eigenvalue weighted by atomic mass is 9.84. The van der Waals surface area contributed by atoms with Gasteiger partial charge in [0.05, 0.1) is 0 Å². The first-order chi connectivity index (χ1) is 11.9. The molecule has 4 N–H and O–H groups in total. The van der Waals surface area contributed by atoms with Gasteiger partial charge in [0, 0.05) is 0 Å². The van der Waals surface area contributed by atoms with Gasteiger partial charge in [-0.05, 0) is 35.8 Å². The number of rotatable bonds is 2. The van der Waals surface area contributed by atoms with Crippen molar-refractivity contribution in [3.05, 3.63) is 71.8 Å². The van der Waals surface area contributed by atoms with Crippen molar-refractivity contribution in [2.75, 3.05) is 0 Å². The van der Waals surface area contributed by atoms with Crippen molar-refractivity contribution < 1.29 is 30.0 Å². The van der Waals surface area contributed by atoms with Gasteiger partial charge in [-0.25, -0.2) is 9.59 Å². The minimum absolute atomic E-state index is 0.721. The molecule has 2 aromatic carbocycles. The molecule has 6 heteroatoms. The van der Waals surface area contributed by atoms with Gasteiger partial charge in [-0.15, -0.1) is 0 Å². The predicted molar refractivity (Wildman–Crippen MR) is 93.5 cm³/mol. The Morgan fingerprint density at radius 2 is 0.920 bits per heavy atom. The van der Waals surface area contributed by atoms with E-state index in [4.69, 9.17) is 30.0 Å². The molecule has 2 atom stereocenters. The van der Waals surface area contributed by atoms with Gasteiger partial charge >= 0.3 is 12.3 Å². The molecule has 1 aliphatic carbocycles. The molecule has 1 aliphatic rings. The van der Waals surface area contributed by atoms with Crippen LogP contribution in [0.4, 0.5) is 9.59 Å². The highest BCUT2D eigenvalue weighted by Gasteiger charge is 2.29. The molecule has 0 bridgehead atoms. The van der Waals surface area contributed by atoms with E-state index < -0.39 is 12.3 Å². The van der Waals surface area contributed by atoms with Gasteiger partial charge in [-0.1, -0.05) is 67.1 Å². The first-order valence-electron chi connectivity index (χ1n) is 7.85. The van der Waals surface area contributed by atoms with E-state index in [9.17, 15) is 0 Å². The lowest BCUT2D eigenvalue weighted by molar-refractivity contribution is 0.135. The fraction of sp³-hybridized carbons (Fsp3) is 0.263. The first-order valence-corrected chi connectivity index (χ1v) is 7.85. The third-order valence-corrected chi connectivity index (χ3v) is 3.97. The van der Waals surface area contributed by atoms with Crippen LogP contribution in [0.15, 0.2) is 60.7 Å². The van der Waals surface area contributed by atoms with Crippen LogP contribution in [0.3, 0.4) is 0 Å². The Balaban J connectivity index is 0.000000333. The van der Waals surface area contributed by atoms with Crippen molar-refractivity contribution >= 4 is 12.3 Å². The second-order valence-corrected chi connectivity index (χ2v) is 5.53. The summed E-state index contributed by atoms with van der Waals surface area (Å²) in [5.41, 5.74) is 3.03. The van der Waals surface area contributed by atoms with Crippen LogP contribution >= 0.6 is 0 Å². The normalized spacial score (nSPS) is 18.1. The largest absolute Gasteiger partial charge is 0.503 e. The Hall–Kier alpha value is -3.02. The predicted octanol–water partition coefficient (Wildman–Crippen LogP) is 5.18. The number of hydrogen-bond donors (Lipinski definition) is 4. The Morgan fingerprint density at radius 3 is 1.20 bits per heavy atom. The highest BCUT2D eigenvalue weighted by atomic mass is 16.6. The van der Waals surface area contributed by atoms with Crippen LogP contribution in [0.2, 0.25) is 0 Å². The number of carbonyl (C=O) groups is 2. The summed E-state index contributed by atoms with van der Waals surface area (Å²) >= 11 is 0. The van der Waals surface area contributed by atoms with Crippen molar-refractivity contribution in [3.63, 3.8) is 0 Å². The van der Waals surface area contributed by atoms with Crippen molar-refractivity contribution in [2.45, 2.75) is 31.1 Å². The van der Waals surface area contributed by atoms with Crippen molar-refractivity contribution in [2.24, 2.45) is 0 Å². The van der Waals surface area contributed by atoms with Gasteiger partial charge in [0.25, 0.3) is 0 Å². The molecule has 134 valence electrons. The molecule has 6 nitrogen and oxygen atoms in total. The molecule has 0 spiro atoms. The maximum Gasteiger partial charge on any atom is 0.503 e. The van der Waals surface area contributed by atoms with Gasteiger partial charge in [0.1, 0.15) is 0 Å². The van der Waals surface area contributed by atoms with Crippen LogP contribution in [0.5, 0.6) is 0 Å². The van der Waals surface area contributed by atoms with Crippen molar-refractivity contribution in [3.8, 4) is 0 Å². The van der Waals surface area contributed by atoms with Crippen LogP contribution in [0.25, 0.3) is 0 Å². The lowest BCUT2D eigenvalue weighted by Gasteiger charge is -2.20. The topological polar surface area (TPSA) is 115 Å². The molecule has 0 aliphatic heterocycles. The molecular formula is C19H22O6. The quantitative estimate of drug-likeness (QED) is 0.595. The maximum atomic E-state index is 8.56. The van der Waals surface area contributed by atoms with E-state index in [0.29, 0.717) is 0 Å². The summed E-state index contributed by atoms with van der Waals surface area (Å²) in [4.78, 5) is 17.1. The molecule has 0 radical (unpaired) electrons.